The third kappa shape index (κ3) is 4.18. The Labute approximate surface area is 118 Å². The van der Waals surface area contributed by atoms with Gasteiger partial charge in [0.05, 0.1) is 6.26 Å². The average Bonchev–Trinajstić information content (AvgIpc) is 2.98. The molecule has 2 N–H and O–H groups in total. The van der Waals surface area contributed by atoms with E-state index in [0.29, 0.717) is 18.7 Å². The molecule has 108 valence electrons. The molecule has 1 heterocycles. The van der Waals surface area contributed by atoms with E-state index in [1.54, 1.807) is 30.5 Å². The molecule has 0 unspecified atom stereocenters. The number of hydrogen-bond donors (Lipinski definition) is 2. The zero-order chi connectivity index (χ0) is 14.4. The van der Waals surface area contributed by atoms with E-state index in [2.05, 4.69) is 5.32 Å². The van der Waals surface area contributed by atoms with Crippen LogP contribution in [0.5, 0.6) is 0 Å². The van der Waals surface area contributed by atoms with Crippen LogP contribution in [0.1, 0.15) is 30.8 Å². The topological polar surface area (TPSA) is 45.4 Å². The summed E-state index contributed by atoms with van der Waals surface area (Å²) in [6.07, 6.45) is 2.38. The van der Waals surface area contributed by atoms with Gasteiger partial charge in [0.25, 0.3) is 0 Å². The second-order valence-electron chi connectivity index (χ2n) is 4.97. The van der Waals surface area contributed by atoms with E-state index in [9.17, 15) is 9.50 Å². The van der Waals surface area contributed by atoms with Crippen LogP contribution in [-0.2, 0) is 6.42 Å². The Balaban J connectivity index is 1.73. The van der Waals surface area contributed by atoms with Crippen LogP contribution in [0.4, 0.5) is 4.39 Å². The lowest BCUT2D eigenvalue weighted by Gasteiger charge is -2.16. The quantitative estimate of drug-likeness (QED) is 0.817. The molecule has 0 saturated carbocycles. The molecule has 3 nitrogen and oxygen atoms in total. The normalized spacial score (nSPS) is 14.2. The van der Waals surface area contributed by atoms with Gasteiger partial charge in [0.1, 0.15) is 17.7 Å². The molecule has 2 rings (SSSR count). The molecule has 0 radical (unpaired) electrons. The number of aliphatic hydroxyl groups excluding tert-OH is 1. The second-order valence-corrected chi connectivity index (χ2v) is 4.97. The lowest BCUT2D eigenvalue weighted by Crippen LogP contribution is -2.30. The van der Waals surface area contributed by atoms with E-state index in [4.69, 9.17) is 4.42 Å². The molecular formula is C16H20FNO2. The fraction of sp³-hybridized carbons (Fsp3) is 0.375. The minimum atomic E-state index is -0.652. The molecule has 4 heteroatoms. The van der Waals surface area contributed by atoms with Crippen molar-refractivity contribution in [1.82, 2.24) is 5.32 Å². The first-order valence-corrected chi connectivity index (χ1v) is 6.85. The molecule has 1 aromatic carbocycles. The number of furan rings is 1. The number of benzene rings is 1. The highest BCUT2D eigenvalue weighted by atomic mass is 19.1. The van der Waals surface area contributed by atoms with Gasteiger partial charge < -0.3 is 14.8 Å². The van der Waals surface area contributed by atoms with Crippen molar-refractivity contribution in [2.45, 2.75) is 31.9 Å². The maximum Gasteiger partial charge on any atom is 0.133 e. The van der Waals surface area contributed by atoms with Crippen molar-refractivity contribution in [3.05, 3.63) is 59.8 Å². The lowest BCUT2D eigenvalue weighted by atomic mass is 10.1. The van der Waals surface area contributed by atoms with E-state index >= 15 is 0 Å². The third-order valence-corrected chi connectivity index (χ3v) is 3.34. The molecule has 0 bridgehead atoms. The fourth-order valence-electron chi connectivity index (χ4n) is 2.07. The fourth-order valence-corrected chi connectivity index (χ4v) is 2.07. The van der Waals surface area contributed by atoms with Crippen LogP contribution in [0.2, 0.25) is 0 Å². The van der Waals surface area contributed by atoms with Crippen molar-refractivity contribution in [2.75, 3.05) is 6.54 Å². The molecule has 20 heavy (non-hydrogen) atoms. The summed E-state index contributed by atoms with van der Waals surface area (Å²) in [6.45, 7) is 2.45. The molecule has 2 aromatic rings. The first-order chi connectivity index (χ1) is 9.66. The number of aryl methyl sites for hydroxylation is 1. The monoisotopic (exact) mass is 277 g/mol. The predicted octanol–water partition coefficient (Wildman–Crippen LogP) is 3.06. The van der Waals surface area contributed by atoms with E-state index in [-0.39, 0.29) is 11.9 Å². The molecule has 2 atom stereocenters. The Morgan fingerprint density at radius 2 is 2.05 bits per heavy atom. The van der Waals surface area contributed by atoms with Gasteiger partial charge in [-0.1, -0.05) is 18.2 Å². The zero-order valence-electron chi connectivity index (χ0n) is 11.6. The Hall–Kier alpha value is -1.65. The summed E-state index contributed by atoms with van der Waals surface area (Å²) in [5.74, 6) is 0.397. The largest absolute Gasteiger partial charge is 0.467 e. The highest BCUT2D eigenvalue weighted by molar-refractivity contribution is 5.17. The molecule has 0 amide bonds. The number of hydrogen-bond acceptors (Lipinski definition) is 3. The van der Waals surface area contributed by atoms with Crippen molar-refractivity contribution >= 4 is 0 Å². The van der Waals surface area contributed by atoms with Gasteiger partial charge in [0, 0.05) is 12.6 Å². The van der Waals surface area contributed by atoms with Gasteiger partial charge in [0.15, 0.2) is 0 Å². The van der Waals surface area contributed by atoms with Gasteiger partial charge in [-0.3, -0.25) is 0 Å². The predicted molar refractivity (Wildman–Crippen MR) is 75.9 cm³/mol. The number of nitrogens with one attached hydrogen (secondary N) is 1. The standard InChI is InChI=1S/C16H20FNO2/c1-12(8-9-13-5-2-3-6-14(13)17)18-11-15(19)16-7-4-10-20-16/h2-7,10,12,15,18-19H,8-9,11H2,1H3/t12-,15+/m1/s1. The summed E-state index contributed by atoms with van der Waals surface area (Å²) in [5, 5.41) is 13.1. The Morgan fingerprint density at radius 1 is 1.25 bits per heavy atom. The van der Waals surface area contributed by atoms with Crippen LogP contribution in [-0.4, -0.2) is 17.7 Å². The molecule has 0 aliphatic rings. The first kappa shape index (κ1) is 14.8. The van der Waals surface area contributed by atoms with E-state index < -0.39 is 6.10 Å². The van der Waals surface area contributed by atoms with Gasteiger partial charge in [-0.15, -0.1) is 0 Å². The smallest absolute Gasteiger partial charge is 0.133 e. The van der Waals surface area contributed by atoms with E-state index in [1.807, 2.05) is 13.0 Å². The van der Waals surface area contributed by atoms with Crippen LogP contribution in [0, 0.1) is 5.82 Å². The van der Waals surface area contributed by atoms with Gasteiger partial charge in [0.2, 0.25) is 0 Å². The van der Waals surface area contributed by atoms with Crippen LogP contribution >= 0.6 is 0 Å². The van der Waals surface area contributed by atoms with Gasteiger partial charge >= 0.3 is 0 Å². The zero-order valence-corrected chi connectivity index (χ0v) is 11.6. The average molecular weight is 277 g/mol. The lowest BCUT2D eigenvalue weighted by molar-refractivity contribution is 0.143. The number of halogens is 1. The van der Waals surface area contributed by atoms with Crippen LogP contribution < -0.4 is 5.32 Å². The first-order valence-electron chi connectivity index (χ1n) is 6.85. The van der Waals surface area contributed by atoms with Crippen LogP contribution in [0.3, 0.4) is 0 Å². The van der Waals surface area contributed by atoms with Crippen molar-refractivity contribution in [3.8, 4) is 0 Å². The van der Waals surface area contributed by atoms with Gasteiger partial charge in [-0.2, -0.15) is 0 Å². The molecule has 1 aromatic heterocycles. The van der Waals surface area contributed by atoms with Crippen molar-refractivity contribution in [3.63, 3.8) is 0 Å². The summed E-state index contributed by atoms with van der Waals surface area (Å²) in [5.41, 5.74) is 0.729. The minimum Gasteiger partial charge on any atom is -0.467 e. The molecule has 0 aliphatic carbocycles. The molecule has 0 fully saturated rings. The molecule has 0 aliphatic heterocycles. The molecule has 0 spiro atoms. The molecular weight excluding hydrogens is 257 g/mol. The number of rotatable bonds is 7. The summed E-state index contributed by atoms with van der Waals surface area (Å²) in [7, 11) is 0. The van der Waals surface area contributed by atoms with Crippen molar-refractivity contribution < 1.29 is 13.9 Å². The minimum absolute atomic E-state index is 0.157. The SMILES string of the molecule is C[C@H](CCc1ccccc1F)NC[C@H](O)c1ccco1. The second kappa shape index (κ2) is 7.22. The van der Waals surface area contributed by atoms with Crippen molar-refractivity contribution in [2.24, 2.45) is 0 Å². The number of aliphatic hydroxyl groups is 1. The highest BCUT2D eigenvalue weighted by Gasteiger charge is 2.12. The Kier molecular flexibility index (Phi) is 5.32. The summed E-state index contributed by atoms with van der Waals surface area (Å²) >= 11 is 0. The van der Waals surface area contributed by atoms with Crippen LogP contribution in [0.25, 0.3) is 0 Å². The van der Waals surface area contributed by atoms with E-state index in [1.165, 1.54) is 6.07 Å². The van der Waals surface area contributed by atoms with Gasteiger partial charge in [-0.05, 0) is 43.5 Å². The summed E-state index contributed by atoms with van der Waals surface area (Å²) in [6, 6.07) is 10.5. The summed E-state index contributed by atoms with van der Waals surface area (Å²) in [4.78, 5) is 0. The Bertz CT molecular complexity index is 513. The van der Waals surface area contributed by atoms with Crippen LogP contribution in [0.15, 0.2) is 47.1 Å². The maximum absolute atomic E-state index is 13.5. The van der Waals surface area contributed by atoms with E-state index in [0.717, 1.165) is 12.0 Å². The maximum atomic E-state index is 13.5. The third-order valence-electron chi connectivity index (χ3n) is 3.34. The van der Waals surface area contributed by atoms with Crippen molar-refractivity contribution in [1.29, 1.82) is 0 Å². The molecule has 0 saturated heterocycles. The summed E-state index contributed by atoms with van der Waals surface area (Å²) < 4.78 is 18.6. The van der Waals surface area contributed by atoms with Gasteiger partial charge in [-0.25, -0.2) is 4.39 Å². The highest BCUT2D eigenvalue weighted by Crippen LogP contribution is 2.13. The Morgan fingerprint density at radius 3 is 2.75 bits per heavy atom.